The molecule has 62 heavy (non-hydrogen) atoms. The van der Waals surface area contributed by atoms with Crippen molar-refractivity contribution in [3.63, 3.8) is 0 Å². The summed E-state index contributed by atoms with van der Waals surface area (Å²) in [5.41, 5.74) is 1.35. The van der Waals surface area contributed by atoms with E-state index in [2.05, 4.69) is 46.0 Å². The van der Waals surface area contributed by atoms with E-state index in [1.54, 1.807) is 29.1 Å². The molecule has 10 rings (SSSR count). The van der Waals surface area contributed by atoms with Gasteiger partial charge in [-0.2, -0.15) is 10.2 Å². The molecule has 8 heterocycles. The summed E-state index contributed by atoms with van der Waals surface area (Å²) >= 11 is 0. The second kappa shape index (κ2) is 16.8. The van der Waals surface area contributed by atoms with Crippen LogP contribution in [0.5, 0.6) is 0 Å². The molecule has 0 spiro atoms. The van der Waals surface area contributed by atoms with E-state index in [4.69, 9.17) is 14.2 Å². The lowest BCUT2D eigenvalue weighted by atomic mass is 9.85. The van der Waals surface area contributed by atoms with Crippen molar-refractivity contribution < 1.29 is 37.2 Å². The van der Waals surface area contributed by atoms with Gasteiger partial charge in [-0.1, -0.05) is 11.2 Å². The van der Waals surface area contributed by atoms with Gasteiger partial charge in [0.25, 0.3) is 12.3 Å². The quantitative estimate of drug-likeness (QED) is 0.161. The van der Waals surface area contributed by atoms with Crippen LogP contribution in [-0.4, -0.2) is 128 Å². The third-order valence-electron chi connectivity index (χ3n) is 13.1. The summed E-state index contributed by atoms with van der Waals surface area (Å²) in [6, 6.07) is 7.09. The lowest BCUT2D eigenvalue weighted by Gasteiger charge is -2.38. The van der Waals surface area contributed by atoms with E-state index in [9.17, 15) is 28.0 Å². The SMILES string of the molecule is O=C1CCC(c2noc3c(NC(=O)CN4CCN(CC5CCC(n6cc(NC(=O)c7cnn8ccc(N9CC%10CCC(C9)O%10)nc78)c(C(F)F)n6)CC5)CC4)cccc23)C(=O)N1. The van der Waals surface area contributed by atoms with E-state index in [-0.39, 0.29) is 54.3 Å². The Balaban J connectivity index is 0.699. The molecule has 3 atom stereocenters. The van der Waals surface area contributed by atoms with Gasteiger partial charge >= 0.3 is 0 Å². The highest BCUT2D eigenvalue weighted by Crippen LogP contribution is 2.37. The third kappa shape index (κ3) is 8.13. The summed E-state index contributed by atoms with van der Waals surface area (Å²) in [4.78, 5) is 62.3. The number of anilines is 3. The number of morpholine rings is 1. The van der Waals surface area contributed by atoms with Gasteiger partial charge in [0.05, 0.1) is 48.3 Å². The number of rotatable bonds is 11. The van der Waals surface area contributed by atoms with Crippen molar-refractivity contribution in [2.75, 3.05) is 67.9 Å². The first-order valence-corrected chi connectivity index (χ1v) is 21.5. The fraction of sp³-hybridized carbons (Fsp3) is 0.524. The first kappa shape index (κ1) is 40.2. The first-order valence-electron chi connectivity index (χ1n) is 21.5. The molecule has 4 amide bonds. The number of ether oxygens (including phenoxy) is 1. The number of carbonyl (C=O) groups excluding carboxylic acids is 4. The number of hydrogen-bond acceptors (Lipinski definition) is 13. The number of amides is 4. The fourth-order valence-corrected chi connectivity index (χ4v) is 9.80. The van der Waals surface area contributed by atoms with E-state index >= 15 is 0 Å². The zero-order valence-corrected chi connectivity index (χ0v) is 34.0. The maximum Gasteiger partial charge on any atom is 0.284 e. The standard InChI is InChI=1S/C42H48F2N12O6/c43-39(44)37-32(47-42(60)30-18-45-55-13-12-33(48-40(30)55)54-20-26-8-9-27(21-54)61-26)22-56(50-37)25-6-4-24(5-7-25)19-52-14-16-53(17-15-52)23-35(58)46-31-3-1-2-28-36(51-62-38(28)31)29-10-11-34(57)49-41(29)59/h1-3,12-13,18,22,24-27,29,39H,4-11,14-17,19-21,23H2,(H,46,58)(H,47,60)(H,49,57,59). The summed E-state index contributed by atoms with van der Waals surface area (Å²) in [7, 11) is 0. The molecule has 5 aliphatic rings. The maximum atomic E-state index is 14.3. The molecule has 4 saturated heterocycles. The molecule has 4 aliphatic heterocycles. The third-order valence-corrected chi connectivity index (χ3v) is 13.1. The molecule has 5 fully saturated rings. The van der Waals surface area contributed by atoms with Crippen molar-refractivity contribution in [2.45, 2.75) is 82.0 Å². The van der Waals surface area contributed by atoms with Gasteiger partial charge in [0.1, 0.15) is 17.1 Å². The number of carbonyl (C=O) groups is 4. The van der Waals surface area contributed by atoms with Crippen LogP contribution in [0.3, 0.4) is 0 Å². The number of piperidine rings is 1. The van der Waals surface area contributed by atoms with E-state index < -0.39 is 29.9 Å². The topological polar surface area (TPSA) is 197 Å². The lowest BCUT2D eigenvalue weighted by molar-refractivity contribution is -0.134. The van der Waals surface area contributed by atoms with E-state index in [0.29, 0.717) is 40.3 Å². The highest BCUT2D eigenvalue weighted by atomic mass is 19.3. The first-order chi connectivity index (χ1) is 30.1. The Morgan fingerprint density at radius 1 is 0.919 bits per heavy atom. The Morgan fingerprint density at radius 2 is 1.69 bits per heavy atom. The van der Waals surface area contributed by atoms with Crippen LogP contribution in [-0.2, 0) is 19.1 Å². The molecule has 1 saturated carbocycles. The second-order valence-electron chi connectivity index (χ2n) is 17.2. The number of fused-ring (bicyclic) bond motifs is 4. The average Bonchev–Trinajstić information content (AvgIpc) is 4.07. The number of imide groups is 1. The number of nitrogens with zero attached hydrogens (tertiary/aromatic N) is 9. The van der Waals surface area contributed by atoms with Gasteiger partial charge in [-0.3, -0.25) is 34.1 Å². The van der Waals surface area contributed by atoms with Crippen LogP contribution in [0.1, 0.15) is 91.5 Å². The number of halogens is 2. The molecule has 2 bridgehead atoms. The number of benzene rings is 1. The number of piperazine rings is 1. The summed E-state index contributed by atoms with van der Waals surface area (Å²) in [6.45, 7) is 5.67. The summed E-state index contributed by atoms with van der Waals surface area (Å²) in [6.07, 6.45) is 8.12. The molecule has 1 aromatic carbocycles. The maximum absolute atomic E-state index is 14.3. The Bertz CT molecular complexity index is 2490. The molecule has 3 N–H and O–H groups in total. The van der Waals surface area contributed by atoms with Crippen molar-refractivity contribution in [2.24, 2.45) is 5.92 Å². The van der Waals surface area contributed by atoms with Crippen LogP contribution in [0, 0.1) is 5.92 Å². The Labute approximate surface area is 354 Å². The Kier molecular flexibility index (Phi) is 10.9. The zero-order chi connectivity index (χ0) is 42.5. The lowest BCUT2D eigenvalue weighted by Crippen LogP contribution is -2.49. The van der Waals surface area contributed by atoms with Gasteiger partial charge in [0.15, 0.2) is 16.9 Å². The monoisotopic (exact) mass is 854 g/mol. The molecular weight excluding hydrogens is 807 g/mol. The number of nitrogens with one attached hydrogen (secondary N) is 3. The number of hydrogen-bond donors (Lipinski definition) is 3. The number of aromatic nitrogens is 6. The highest BCUT2D eigenvalue weighted by molar-refractivity contribution is 6.08. The van der Waals surface area contributed by atoms with Crippen molar-refractivity contribution in [3.05, 3.63) is 59.8 Å². The van der Waals surface area contributed by atoms with E-state index in [1.165, 1.54) is 16.9 Å². The predicted molar refractivity (Wildman–Crippen MR) is 220 cm³/mol. The summed E-state index contributed by atoms with van der Waals surface area (Å²) in [5.74, 6) is -0.910. The van der Waals surface area contributed by atoms with Gasteiger partial charge in [-0.15, -0.1) is 0 Å². The molecular formula is C42H48F2N12O6. The molecule has 3 unspecified atom stereocenters. The Morgan fingerprint density at radius 3 is 2.45 bits per heavy atom. The van der Waals surface area contributed by atoms with Crippen LogP contribution < -0.4 is 20.9 Å². The van der Waals surface area contributed by atoms with Crippen LogP contribution in [0.25, 0.3) is 16.6 Å². The van der Waals surface area contributed by atoms with Crippen molar-refractivity contribution in [1.29, 1.82) is 0 Å². The van der Waals surface area contributed by atoms with Crippen LogP contribution in [0.4, 0.5) is 26.0 Å². The van der Waals surface area contributed by atoms with Gasteiger partial charge in [0, 0.05) is 70.0 Å². The van der Waals surface area contributed by atoms with Gasteiger partial charge < -0.3 is 29.7 Å². The minimum absolute atomic E-state index is 0.0205. The van der Waals surface area contributed by atoms with Gasteiger partial charge in [0.2, 0.25) is 17.7 Å². The average molecular weight is 855 g/mol. The minimum Gasteiger partial charge on any atom is -0.371 e. The molecule has 18 nitrogen and oxygen atoms in total. The van der Waals surface area contributed by atoms with Gasteiger partial charge in [-0.05, 0) is 69.1 Å². The van der Waals surface area contributed by atoms with Gasteiger partial charge in [-0.25, -0.2) is 18.3 Å². The largest absolute Gasteiger partial charge is 0.371 e. The van der Waals surface area contributed by atoms with Crippen LogP contribution in [0.15, 0.2) is 47.4 Å². The molecule has 1 aliphatic carbocycles. The smallest absolute Gasteiger partial charge is 0.284 e. The van der Waals surface area contributed by atoms with Crippen LogP contribution in [0.2, 0.25) is 0 Å². The molecule has 20 heteroatoms. The van der Waals surface area contributed by atoms with E-state index in [0.717, 1.165) is 90.2 Å². The molecule has 0 radical (unpaired) electrons. The summed E-state index contributed by atoms with van der Waals surface area (Å²) in [5, 5.41) is 21.3. The molecule has 5 aromatic rings. The molecule has 4 aromatic heterocycles. The zero-order valence-electron chi connectivity index (χ0n) is 34.0. The van der Waals surface area contributed by atoms with E-state index in [1.807, 2.05) is 6.07 Å². The van der Waals surface area contributed by atoms with Crippen molar-refractivity contribution >= 4 is 57.4 Å². The van der Waals surface area contributed by atoms with Crippen LogP contribution >= 0.6 is 0 Å². The van der Waals surface area contributed by atoms with Crippen molar-refractivity contribution in [1.82, 2.24) is 44.7 Å². The molecule has 326 valence electrons. The predicted octanol–water partition coefficient (Wildman–Crippen LogP) is 4.13. The fourth-order valence-electron chi connectivity index (χ4n) is 9.80. The highest BCUT2D eigenvalue weighted by Gasteiger charge is 2.36. The van der Waals surface area contributed by atoms with Crippen molar-refractivity contribution in [3.8, 4) is 0 Å². The Hall–Kier alpha value is -5.86. The number of alkyl halides is 2. The second-order valence-corrected chi connectivity index (χ2v) is 17.2. The number of para-hydroxylation sites is 1. The normalized spacial score (nSPS) is 24.9. The minimum atomic E-state index is -2.87. The summed E-state index contributed by atoms with van der Waals surface area (Å²) < 4.78 is 43.3.